The van der Waals surface area contributed by atoms with Gasteiger partial charge in [0.05, 0.1) is 11.5 Å². The molecule has 1 amide bonds. The van der Waals surface area contributed by atoms with Crippen molar-refractivity contribution >= 4 is 17.3 Å². The highest BCUT2D eigenvalue weighted by Crippen LogP contribution is 2.24. The molecule has 2 N–H and O–H groups in total. The van der Waals surface area contributed by atoms with E-state index in [2.05, 4.69) is 5.32 Å². The molecular formula is C13H19N3O4. The highest BCUT2D eigenvalue weighted by molar-refractivity contribution is 5.99. The van der Waals surface area contributed by atoms with E-state index in [1.54, 1.807) is 13.1 Å². The summed E-state index contributed by atoms with van der Waals surface area (Å²) in [6.45, 7) is 2.33. The molecule has 7 heteroatoms. The number of nitrogens with zero attached hydrogens (tertiary/aromatic N) is 2. The third-order valence-electron chi connectivity index (χ3n) is 2.86. The number of nitro benzene ring substituents is 1. The Hall–Kier alpha value is -2.15. The van der Waals surface area contributed by atoms with Crippen molar-refractivity contribution in [2.24, 2.45) is 0 Å². The fourth-order valence-electron chi connectivity index (χ4n) is 1.90. The Labute approximate surface area is 117 Å². The smallest absolute Gasteiger partial charge is 0.282 e. The van der Waals surface area contributed by atoms with Crippen LogP contribution in [-0.2, 0) is 0 Å². The molecular weight excluding hydrogens is 262 g/mol. The molecule has 0 radical (unpaired) electrons. The molecule has 20 heavy (non-hydrogen) atoms. The minimum absolute atomic E-state index is 0.0313. The van der Waals surface area contributed by atoms with E-state index in [1.165, 1.54) is 17.0 Å². The first-order chi connectivity index (χ1) is 9.54. The van der Waals surface area contributed by atoms with Crippen LogP contribution in [0.1, 0.15) is 23.7 Å². The predicted molar refractivity (Wildman–Crippen MR) is 75.9 cm³/mol. The summed E-state index contributed by atoms with van der Waals surface area (Å²) < 4.78 is 0. The number of nitro groups is 1. The van der Waals surface area contributed by atoms with Gasteiger partial charge in [-0.05, 0) is 18.6 Å². The molecule has 0 atom stereocenters. The molecule has 0 aliphatic carbocycles. The lowest BCUT2D eigenvalue weighted by Gasteiger charge is -2.21. The van der Waals surface area contributed by atoms with Crippen molar-refractivity contribution in [1.29, 1.82) is 0 Å². The summed E-state index contributed by atoms with van der Waals surface area (Å²) in [7, 11) is 1.67. The lowest BCUT2D eigenvalue weighted by molar-refractivity contribution is -0.385. The molecule has 0 saturated heterocycles. The van der Waals surface area contributed by atoms with Gasteiger partial charge in [-0.15, -0.1) is 0 Å². The van der Waals surface area contributed by atoms with Crippen LogP contribution in [0.25, 0.3) is 0 Å². The monoisotopic (exact) mass is 281 g/mol. The lowest BCUT2D eigenvalue weighted by Crippen LogP contribution is -2.34. The normalized spacial score (nSPS) is 10.2. The Morgan fingerprint density at radius 1 is 1.45 bits per heavy atom. The van der Waals surface area contributed by atoms with Crippen LogP contribution >= 0.6 is 0 Å². The number of benzene rings is 1. The van der Waals surface area contributed by atoms with E-state index in [9.17, 15) is 14.9 Å². The van der Waals surface area contributed by atoms with Crippen LogP contribution in [0.4, 0.5) is 11.4 Å². The van der Waals surface area contributed by atoms with Crippen LogP contribution < -0.4 is 5.32 Å². The standard InChI is InChI=1S/C13H19N3O4/c1-3-6-15(7-8-17)13(18)11-9-10(14-2)4-5-12(11)16(19)20/h4-5,9,14,17H,3,6-8H2,1-2H3. The second kappa shape index (κ2) is 7.44. The molecule has 7 nitrogen and oxygen atoms in total. The average molecular weight is 281 g/mol. The third-order valence-corrected chi connectivity index (χ3v) is 2.86. The van der Waals surface area contributed by atoms with E-state index in [4.69, 9.17) is 5.11 Å². The molecule has 0 spiro atoms. The van der Waals surface area contributed by atoms with Gasteiger partial charge in [-0.25, -0.2) is 0 Å². The maximum Gasteiger partial charge on any atom is 0.282 e. The zero-order chi connectivity index (χ0) is 15.1. The number of carbonyl (C=O) groups excluding carboxylic acids is 1. The van der Waals surface area contributed by atoms with E-state index in [-0.39, 0.29) is 24.4 Å². The number of nitrogens with one attached hydrogen (secondary N) is 1. The maximum atomic E-state index is 12.4. The van der Waals surface area contributed by atoms with Crippen molar-refractivity contribution in [2.75, 3.05) is 32.1 Å². The molecule has 0 aromatic heterocycles. The Bertz CT molecular complexity index is 485. The summed E-state index contributed by atoms with van der Waals surface area (Å²) in [5, 5.41) is 22.9. The summed E-state index contributed by atoms with van der Waals surface area (Å²) in [6, 6.07) is 4.31. The molecule has 0 bridgehead atoms. The Balaban J connectivity index is 3.19. The Kier molecular flexibility index (Phi) is 5.92. The zero-order valence-corrected chi connectivity index (χ0v) is 11.6. The number of aliphatic hydroxyl groups excluding tert-OH is 1. The molecule has 0 heterocycles. The van der Waals surface area contributed by atoms with Gasteiger partial charge in [0, 0.05) is 31.9 Å². The highest BCUT2D eigenvalue weighted by atomic mass is 16.6. The van der Waals surface area contributed by atoms with Crippen molar-refractivity contribution in [3.05, 3.63) is 33.9 Å². The summed E-state index contributed by atoms with van der Waals surface area (Å²) in [5.74, 6) is -0.440. The van der Waals surface area contributed by atoms with Crippen molar-refractivity contribution in [3.63, 3.8) is 0 Å². The zero-order valence-electron chi connectivity index (χ0n) is 11.6. The third kappa shape index (κ3) is 3.67. The molecule has 0 unspecified atom stereocenters. The fraction of sp³-hybridized carbons (Fsp3) is 0.462. The quantitative estimate of drug-likeness (QED) is 0.583. The topological polar surface area (TPSA) is 95.7 Å². The van der Waals surface area contributed by atoms with Crippen molar-refractivity contribution in [2.45, 2.75) is 13.3 Å². The SMILES string of the molecule is CCCN(CCO)C(=O)c1cc(NC)ccc1[N+](=O)[O-]. The molecule has 1 aromatic rings. The van der Waals surface area contributed by atoms with E-state index in [0.29, 0.717) is 18.7 Å². The van der Waals surface area contributed by atoms with Crippen molar-refractivity contribution in [3.8, 4) is 0 Å². The van der Waals surface area contributed by atoms with Crippen LogP contribution in [0.15, 0.2) is 18.2 Å². The second-order valence-corrected chi connectivity index (χ2v) is 4.25. The first kappa shape index (κ1) is 15.9. The van der Waals surface area contributed by atoms with Gasteiger partial charge in [-0.3, -0.25) is 14.9 Å². The van der Waals surface area contributed by atoms with Crippen molar-refractivity contribution in [1.82, 2.24) is 4.90 Å². The van der Waals surface area contributed by atoms with Crippen LogP contribution in [0.3, 0.4) is 0 Å². The van der Waals surface area contributed by atoms with Crippen molar-refractivity contribution < 1.29 is 14.8 Å². The van der Waals surface area contributed by atoms with Gasteiger partial charge in [0.25, 0.3) is 11.6 Å². The molecule has 0 saturated carbocycles. The number of hydrogen-bond donors (Lipinski definition) is 2. The van der Waals surface area contributed by atoms with Gasteiger partial charge >= 0.3 is 0 Å². The Morgan fingerprint density at radius 2 is 2.15 bits per heavy atom. The predicted octanol–water partition coefficient (Wildman–Crippen LogP) is 1.48. The van der Waals surface area contributed by atoms with Gasteiger partial charge in [-0.2, -0.15) is 0 Å². The van der Waals surface area contributed by atoms with Crippen LogP contribution in [0.2, 0.25) is 0 Å². The minimum Gasteiger partial charge on any atom is -0.395 e. The molecule has 1 rings (SSSR count). The van der Waals surface area contributed by atoms with E-state index in [1.807, 2.05) is 6.92 Å². The number of amides is 1. The first-order valence-corrected chi connectivity index (χ1v) is 6.41. The fourth-order valence-corrected chi connectivity index (χ4v) is 1.90. The number of hydrogen-bond acceptors (Lipinski definition) is 5. The summed E-state index contributed by atoms with van der Waals surface area (Å²) in [5.41, 5.74) is 0.427. The molecule has 110 valence electrons. The van der Waals surface area contributed by atoms with Gasteiger partial charge in [0.15, 0.2) is 0 Å². The van der Waals surface area contributed by atoms with Gasteiger partial charge in [0.1, 0.15) is 5.56 Å². The molecule has 1 aromatic carbocycles. The van der Waals surface area contributed by atoms with Gasteiger partial charge < -0.3 is 15.3 Å². The largest absolute Gasteiger partial charge is 0.395 e. The number of anilines is 1. The van der Waals surface area contributed by atoms with E-state index >= 15 is 0 Å². The van der Waals surface area contributed by atoms with Crippen LogP contribution in [-0.4, -0.2) is 47.6 Å². The highest BCUT2D eigenvalue weighted by Gasteiger charge is 2.24. The molecule has 0 aliphatic heterocycles. The number of aliphatic hydroxyl groups is 1. The van der Waals surface area contributed by atoms with Gasteiger partial charge in [0.2, 0.25) is 0 Å². The Morgan fingerprint density at radius 3 is 2.65 bits per heavy atom. The molecule has 0 aliphatic rings. The summed E-state index contributed by atoms with van der Waals surface area (Å²) >= 11 is 0. The second-order valence-electron chi connectivity index (χ2n) is 4.25. The average Bonchev–Trinajstić information content (AvgIpc) is 2.45. The van der Waals surface area contributed by atoms with Crippen LogP contribution in [0, 0.1) is 10.1 Å². The number of carbonyl (C=O) groups is 1. The summed E-state index contributed by atoms with van der Waals surface area (Å²) in [6.07, 6.45) is 0.714. The van der Waals surface area contributed by atoms with E-state index < -0.39 is 10.8 Å². The number of rotatable bonds is 7. The molecule has 0 fully saturated rings. The van der Waals surface area contributed by atoms with Gasteiger partial charge in [-0.1, -0.05) is 6.92 Å². The van der Waals surface area contributed by atoms with E-state index in [0.717, 1.165) is 0 Å². The minimum atomic E-state index is -0.574. The van der Waals surface area contributed by atoms with Crippen LogP contribution in [0.5, 0.6) is 0 Å². The lowest BCUT2D eigenvalue weighted by atomic mass is 10.1. The summed E-state index contributed by atoms with van der Waals surface area (Å²) in [4.78, 5) is 24.3. The first-order valence-electron chi connectivity index (χ1n) is 6.41. The maximum absolute atomic E-state index is 12.4.